The Morgan fingerprint density at radius 3 is 2.74 bits per heavy atom. The molecule has 2 heteroatoms. The fraction of sp³-hybridized carbons (Fsp3) is 0.588. The molecule has 19 heavy (non-hydrogen) atoms. The lowest BCUT2D eigenvalue weighted by molar-refractivity contribution is -0.124. The lowest BCUT2D eigenvalue weighted by Crippen LogP contribution is -2.36. The molecule has 0 aromatic heterocycles. The van der Waals surface area contributed by atoms with Gasteiger partial charge in [-0.05, 0) is 60.4 Å². The Bertz CT molecular complexity index is 530. The number of ether oxygens (including phenoxy) is 1. The summed E-state index contributed by atoms with van der Waals surface area (Å²) in [7, 11) is 1.70. The summed E-state index contributed by atoms with van der Waals surface area (Å²) >= 11 is 0. The van der Waals surface area contributed by atoms with Crippen LogP contribution in [0.4, 0.5) is 0 Å². The molecule has 1 unspecified atom stereocenters. The van der Waals surface area contributed by atoms with Crippen LogP contribution in [0.15, 0.2) is 12.1 Å². The molecule has 0 saturated heterocycles. The molecule has 0 saturated carbocycles. The lowest BCUT2D eigenvalue weighted by atomic mass is 9.66. The van der Waals surface area contributed by atoms with Crippen LogP contribution in [0.2, 0.25) is 0 Å². The van der Waals surface area contributed by atoms with Crippen molar-refractivity contribution in [3.63, 3.8) is 0 Å². The number of carbonyl (C=O) groups excluding carboxylic acids is 1. The van der Waals surface area contributed by atoms with Crippen molar-refractivity contribution in [3.05, 3.63) is 28.8 Å². The molecule has 0 bridgehead atoms. The summed E-state index contributed by atoms with van der Waals surface area (Å²) in [6.07, 6.45) is 4.85. The average Bonchev–Trinajstić information content (AvgIpc) is 2.63. The van der Waals surface area contributed by atoms with Gasteiger partial charge in [0.1, 0.15) is 11.5 Å². The summed E-state index contributed by atoms with van der Waals surface area (Å²) in [6.45, 7) is 4.44. The Morgan fingerprint density at radius 1 is 1.32 bits per heavy atom. The van der Waals surface area contributed by atoms with Gasteiger partial charge in [0, 0.05) is 6.42 Å². The highest BCUT2D eigenvalue weighted by atomic mass is 16.5. The van der Waals surface area contributed by atoms with Crippen LogP contribution in [-0.2, 0) is 23.1 Å². The highest BCUT2D eigenvalue weighted by Gasteiger charge is 2.48. The summed E-state index contributed by atoms with van der Waals surface area (Å²) in [6, 6.07) is 4.22. The normalized spacial score (nSPS) is 24.7. The third-order valence-corrected chi connectivity index (χ3v) is 4.68. The molecule has 0 aliphatic heterocycles. The van der Waals surface area contributed by atoms with E-state index in [0.717, 1.165) is 31.4 Å². The fourth-order valence-corrected chi connectivity index (χ4v) is 4.15. The Labute approximate surface area is 115 Å². The highest BCUT2D eigenvalue weighted by Crippen LogP contribution is 2.50. The van der Waals surface area contributed by atoms with Crippen LogP contribution < -0.4 is 4.74 Å². The smallest absolute Gasteiger partial charge is 0.147 e. The molecule has 0 spiro atoms. The third kappa shape index (κ3) is 1.80. The molecule has 0 heterocycles. The quantitative estimate of drug-likeness (QED) is 0.830. The Hall–Kier alpha value is -1.31. The van der Waals surface area contributed by atoms with Crippen LogP contribution in [0, 0.1) is 5.92 Å². The van der Waals surface area contributed by atoms with E-state index in [2.05, 4.69) is 26.0 Å². The van der Waals surface area contributed by atoms with Gasteiger partial charge in [-0.1, -0.05) is 13.8 Å². The molecule has 2 aliphatic carbocycles. The third-order valence-electron chi connectivity index (χ3n) is 4.68. The largest absolute Gasteiger partial charge is 0.497 e. The van der Waals surface area contributed by atoms with Gasteiger partial charge in [-0.2, -0.15) is 0 Å². The number of ketones is 1. The molecular weight excluding hydrogens is 236 g/mol. The maximum Gasteiger partial charge on any atom is 0.147 e. The molecule has 0 fully saturated rings. The van der Waals surface area contributed by atoms with Crippen molar-refractivity contribution in [1.29, 1.82) is 0 Å². The maximum absolute atomic E-state index is 12.7. The van der Waals surface area contributed by atoms with Crippen molar-refractivity contribution in [2.45, 2.75) is 51.4 Å². The van der Waals surface area contributed by atoms with Crippen LogP contribution in [0.5, 0.6) is 5.75 Å². The number of hydrogen-bond acceptors (Lipinski definition) is 2. The van der Waals surface area contributed by atoms with Crippen LogP contribution >= 0.6 is 0 Å². The van der Waals surface area contributed by atoms with Gasteiger partial charge in [0.05, 0.1) is 12.5 Å². The van der Waals surface area contributed by atoms with Gasteiger partial charge in [0.25, 0.3) is 0 Å². The van der Waals surface area contributed by atoms with Gasteiger partial charge < -0.3 is 4.74 Å². The van der Waals surface area contributed by atoms with Crippen molar-refractivity contribution in [1.82, 2.24) is 0 Å². The summed E-state index contributed by atoms with van der Waals surface area (Å²) in [5, 5.41) is 0. The molecule has 3 rings (SSSR count). The number of Topliss-reactive ketones (excluding diaryl/α,β-unsaturated/α-hetero) is 1. The van der Waals surface area contributed by atoms with Crippen molar-refractivity contribution in [2.75, 3.05) is 7.11 Å². The number of benzene rings is 1. The van der Waals surface area contributed by atoms with E-state index in [9.17, 15) is 4.79 Å². The second kappa shape index (κ2) is 4.36. The van der Waals surface area contributed by atoms with Crippen molar-refractivity contribution < 1.29 is 9.53 Å². The van der Waals surface area contributed by atoms with Gasteiger partial charge in [0.15, 0.2) is 0 Å². The monoisotopic (exact) mass is 258 g/mol. The van der Waals surface area contributed by atoms with Gasteiger partial charge in [-0.15, -0.1) is 0 Å². The number of carbonyl (C=O) groups is 1. The minimum atomic E-state index is -0.177. The van der Waals surface area contributed by atoms with Gasteiger partial charge in [-0.25, -0.2) is 0 Å². The molecule has 0 amide bonds. The zero-order chi connectivity index (χ0) is 13.6. The van der Waals surface area contributed by atoms with E-state index in [0.29, 0.717) is 18.1 Å². The highest BCUT2D eigenvalue weighted by molar-refractivity contribution is 5.97. The van der Waals surface area contributed by atoms with E-state index in [4.69, 9.17) is 4.74 Å². The Morgan fingerprint density at radius 2 is 2.05 bits per heavy atom. The number of methoxy groups -OCH3 is 1. The first-order valence-corrected chi connectivity index (χ1v) is 7.30. The van der Waals surface area contributed by atoms with E-state index < -0.39 is 0 Å². The van der Waals surface area contributed by atoms with E-state index in [1.807, 2.05) is 0 Å². The molecule has 0 N–H and O–H groups in total. The number of hydrogen-bond donors (Lipinski definition) is 0. The predicted octanol–water partition coefficient (Wildman–Crippen LogP) is 3.44. The zero-order valence-corrected chi connectivity index (χ0v) is 12.1. The molecule has 1 atom stereocenters. The number of aryl methyl sites for hydroxylation is 1. The van der Waals surface area contributed by atoms with Crippen LogP contribution in [0.25, 0.3) is 0 Å². The maximum atomic E-state index is 12.7. The predicted molar refractivity (Wildman–Crippen MR) is 75.8 cm³/mol. The van der Waals surface area contributed by atoms with Gasteiger partial charge in [0.2, 0.25) is 0 Å². The van der Waals surface area contributed by atoms with Gasteiger partial charge in [-0.3, -0.25) is 4.79 Å². The lowest BCUT2D eigenvalue weighted by Gasteiger charge is -2.36. The summed E-state index contributed by atoms with van der Waals surface area (Å²) in [5.74, 6) is 1.90. The molecule has 1 aromatic rings. The Balaban J connectivity index is 2.17. The van der Waals surface area contributed by atoms with Crippen LogP contribution in [-0.4, -0.2) is 12.9 Å². The average molecular weight is 258 g/mol. The first-order valence-electron chi connectivity index (χ1n) is 7.30. The van der Waals surface area contributed by atoms with E-state index in [-0.39, 0.29) is 5.41 Å². The minimum absolute atomic E-state index is 0.177. The Kier molecular flexibility index (Phi) is 2.92. The standard InChI is InChI=1S/C17H22O2/c1-11(2)10-17-6-4-5-12-7-14(19-3)8-13(16(12)17)9-15(17)18/h7-8,11H,4-6,9-10H2,1-3H3. The summed E-state index contributed by atoms with van der Waals surface area (Å²) in [5.41, 5.74) is 3.76. The topological polar surface area (TPSA) is 26.3 Å². The fourth-order valence-electron chi connectivity index (χ4n) is 4.15. The van der Waals surface area contributed by atoms with Crippen LogP contribution in [0.1, 0.15) is 49.8 Å². The van der Waals surface area contributed by atoms with Crippen molar-refractivity contribution >= 4 is 5.78 Å². The molecule has 0 radical (unpaired) electrons. The second-order valence-corrected chi connectivity index (χ2v) is 6.45. The van der Waals surface area contributed by atoms with E-state index >= 15 is 0 Å². The molecule has 2 nitrogen and oxygen atoms in total. The van der Waals surface area contributed by atoms with Gasteiger partial charge >= 0.3 is 0 Å². The second-order valence-electron chi connectivity index (χ2n) is 6.45. The van der Waals surface area contributed by atoms with E-state index in [1.165, 1.54) is 16.7 Å². The molecular formula is C17H22O2. The van der Waals surface area contributed by atoms with Crippen LogP contribution in [0.3, 0.4) is 0 Å². The minimum Gasteiger partial charge on any atom is -0.497 e. The zero-order valence-electron chi connectivity index (χ0n) is 12.1. The molecule has 1 aromatic carbocycles. The summed E-state index contributed by atoms with van der Waals surface area (Å²) < 4.78 is 5.38. The number of rotatable bonds is 3. The van der Waals surface area contributed by atoms with Crippen molar-refractivity contribution in [2.24, 2.45) is 5.92 Å². The molecule has 102 valence electrons. The first-order chi connectivity index (χ1) is 9.06. The van der Waals surface area contributed by atoms with Crippen molar-refractivity contribution in [3.8, 4) is 5.75 Å². The SMILES string of the molecule is COc1cc2c3c(c1)CC(=O)C3(CC(C)C)CCC2. The first kappa shape index (κ1) is 12.7. The van der Waals surface area contributed by atoms with E-state index in [1.54, 1.807) is 7.11 Å². The summed E-state index contributed by atoms with van der Waals surface area (Å²) in [4.78, 5) is 12.7. The molecule has 2 aliphatic rings.